The number of nitrogens with zero attached hydrogens (tertiary/aromatic N) is 7. The van der Waals surface area contributed by atoms with Crippen LogP contribution in [0.2, 0.25) is 0 Å². The van der Waals surface area contributed by atoms with Crippen molar-refractivity contribution in [3.63, 3.8) is 0 Å². The van der Waals surface area contributed by atoms with E-state index in [0.717, 1.165) is 29.0 Å². The highest BCUT2D eigenvalue weighted by Gasteiger charge is 2.19. The summed E-state index contributed by atoms with van der Waals surface area (Å²) in [5.41, 5.74) is 18.1. The van der Waals surface area contributed by atoms with Gasteiger partial charge in [-0.3, -0.25) is 5.32 Å². The van der Waals surface area contributed by atoms with E-state index < -0.39 is 11.7 Å². The molecule has 0 unspecified atom stereocenters. The molecule has 8 aromatic rings. The van der Waals surface area contributed by atoms with Crippen LogP contribution in [-0.4, -0.2) is 133 Å². The first-order valence-electron chi connectivity index (χ1n) is 31.9. The molecule has 8 aromatic carbocycles. The van der Waals surface area contributed by atoms with E-state index in [1.54, 1.807) is 217 Å². The van der Waals surface area contributed by atoms with E-state index >= 15 is 0 Å². The Balaban J connectivity index is 0.000000655. The summed E-state index contributed by atoms with van der Waals surface area (Å²) in [6.45, 7) is 13.7. The zero-order valence-electron chi connectivity index (χ0n) is 64.0. The number of azo groups is 3. The minimum Gasteiger partial charge on any atom is -0.508 e. The molecular weight excluding hydrogens is 1500 g/mol. The number of amides is 1. The third kappa shape index (κ3) is 32.1. The van der Waals surface area contributed by atoms with Crippen LogP contribution in [0.25, 0.3) is 0 Å². The fourth-order valence-electron chi connectivity index (χ4n) is 8.51. The number of methoxy groups -OCH3 is 14. The van der Waals surface area contributed by atoms with Gasteiger partial charge in [0.15, 0.2) is 51.3 Å². The lowest BCUT2D eigenvalue weighted by molar-refractivity contribution is 0.0635. The molecule has 7 N–H and O–H groups in total. The van der Waals surface area contributed by atoms with Crippen LogP contribution in [0.1, 0.15) is 59.6 Å². The van der Waals surface area contributed by atoms with Crippen molar-refractivity contribution in [1.29, 1.82) is 0 Å². The van der Waals surface area contributed by atoms with Gasteiger partial charge in [0.25, 0.3) is 0 Å². The molecule has 107 heavy (non-hydrogen) atoms. The predicted molar refractivity (Wildman–Crippen MR) is 425 cm³/mol. The van der Waals surface area contributed by atoms with Gasteiger partial charge in [0, 0.05) is 72.0 Å². The minimum absolute atomic E-state index is 0. The number of anilines is 3. The van der Waals surface area contributed by atoms with Gasteiger partial charge in [0.2, 0.25) is 23.0 Å². The highest BCUT2D eigenvalue weighted by Crippen LogP contribution is 2.45. The number of rotatable bonds is 25. The largest absolute Gasteiger partial charge is 0.508 e. The number of hydrogen-bond donors (Lipinski definition) is 5. The molecule has 8 rings (SSSR count). The molecule has 31 heteroatoms. The number of aromatic hydroxyl groups is 2. The summed E-state index contributed by atoms with van der Waals surface area (Å²) < 4.78 is 78.1. The van der Waals surface area contributed by atoms with Crippen LogP contribution >= 0.6 is 22.6 Å². The lowest BCUT2D eigenvalue weighted by atomic mass is 10.1. The van der Waals surface area contributed by atoms with Gasteiger partial charge in [0.05, 0.1) is 134 Å². The highest BCUT2D eigenvalue weighted by atomic mass is 127. The van der Waals surface area contributed by atoms with E-state index in [0.29, 0.717) is 133 Å². The molecule has 584 valence electrons. The molecule has 0 aromatic heterocycles. The van der Waals surface area contributed by atoms with Crippen molar-refractivity contribution in [2.45, 2.75) is 67.9 Å². The molecule has 1 amide bonds. The SMILES string of the molecule is C.CC(C)(C)OC(=O)Nc1cccc(O)c1.CC(C)CCON=O.CI.COc1cc(N)cc(OC)c1OC.COc1cc(N=Nc2ccc(O)cc2C)cc(OC)c1OC.COc1ccc(N=Nc2cc(OC)c(OC)c(OC)c2)c(C)c1.COc1ccc(N=Nc2cc(OC)c(OC)c(OC)c2)c(N)c1. The van der Waals surface area contributed by atoms with E-state index in [2.05, 4.69) is 82.6 Å². The molecule has 0 bridgehead atoms. The van der Waals surface area contributed by atoms with Gasteiger partial charge in [-0.25, -0.2) is 4.79 Å². The van der Waals surface area contributed by atoms with Gasteiger partial charge < -0.3 is 97.6 Å². The van der Waals surface area contributed by atoms with Gasteiger partial charge in [0.1, 0.15) is 40.9 Å². The quantitative estimate of drug-likeness (QED) is 0.00675. The second kappa shape index (κ2) is 49.9. The van der Waals surface area contributed by atoms with E-state index in [4.69, 9.17) is 87.6 Å². The zero-order chi connectivity index (χ0) is 79.5. The Morgan fingerprint density at radius 1 is 0.449 bits per heavy atom. The van der Waals surface area contributed by atoms with Crippen molar-refractivity contribution >= 4 is 79.9 Å². The Hall–Kier alpha value is -11.6. The van der Waals surface area contributed by atoms with Crippen molar-refractivity contribution in [2.75, 3.05) is 128 Å². The maximum Gasteiger partial charge on any atom is 0.412 e. The Labute approximate surface area is 640 Å². The van der Waals surface area contributed by atoms with Crippen LogP contribution in [-0.2, 0) is 9.57 Å². The van der Waals surface area contributed by atoms with Crippen molar-refractivity contribution in [2.24, 2.45) is 41.9 Å². The number of halogens is 1. The van der Waals surface area contributed by atoms with E-state index in [1.165, 1.54) is 12.1 Å². The van der Waals surface area contributed by atoms with Gasteiger partial charge in [-0.05, 0) is 124 Å². The number of ether oxygens (including phenoxy) is 15. The number of nitrogens with two attached hydrogens (primary N) is 2. The average Bonchev–Trinajstić information content (AvgIpc) is 0.836. The summed E-state index contributed by atoms with van der Waals surface area (Å²) in [7, 11) is 21.8. The highest BCUT2D eigenvalue weighted by molar-refractivity contribution is 14.1. The van der Waals surface area contributed by atoms with E-state index in [1.807, 2.05) is 37.0 Å². The number of aryl methyl sites for hydroxylation is 2. The Kier molecular flexibility index (Phi) is 43.6. The third-order valence-electron chi connectivity index (χ3n) is 13.6. The van der Waals surface area contributed by atoms with Crippen LogP contribution in [0.5, 0.6) is 92.0 Å². The summed E-state index contributed by atoms with van der Waals surface area (Å²) >= 11 is 2.15. The minimum atomic E-state index is -0.534. The fourth-order valence-corrected chi connectivity index (χ4v) is 8.51. The molecule has 0 fully saturated rings. The maximum absolute atomic E-state index is 11.3. The summed E-state index contributed by atoms with van der Waals surface area (Å²) in [5.74, 6) is 8.64. The molecule has 0 radical (unpaired) electrons. The Morgan fingerprint density at radius 3 is 1.11 bits per heavy atom. The van der Waals surface area contributed by atoms with Crippen LogP contribution in [0.15, 0.2) is 163 Å². The second-order valence-corrected chi connectivity index (χ2v) is 22.5. The fraction of sp³-hybridized carbons (Fsp3) is 0.355. The second-order valence-electron chi connectivity index (χ2n) is 22.5. The van der Waals surface area contributed by atoms with E-state index in [-0.39, 0.29) is 18.9 Å². The predicted octanol–water partition coefficient (Wildman–Crippen LogP) is 19.8. The number of carbonyl (C=O) groups excluding carboxylic acids is 1. The molecular formula is C76H103IN10O20. The van der Waals surface area contributed by atoms with Crippen LogP contribution in [0, 0.1) is 24.7 Å². The molecule has 0 atom stereocenters. The van der Waals surface area contributed by atoms with Crippen molar-refractivity contribution in [3.05, 3.63) is 143 Å². The summed E-state index contributed by atoms with van der Waals surface area (Å²) in [4.78, 5) is 26.8. The van der Waals surface area contributed by atoms with Crippen molar-refractivity contribution < 1.29 is 90.9 Å². The Bertz CT molecular complexity index is 3880. The summed E-state index contributed by atoms with van der Waals surface area (Å²) in [6.07, 6.45) is 0.360. The van der Waals surface area contributed by atoms with Gasteiger partial charge in [-0.15, -0.1) is 10.0 Å². The maximum atomic E-state index is 11.3. The first-order valence-corrected chi connectivity index (χ1v) is 34.1. The first kappa shape index (κ1) is 93.4. The molecule has 0 spiro atoms. The summed E-state index contributed by atoms with van der Waals surface area (Å²) in [6, 6.07) is 35.6. The number of alkyl halides is 1. The molecule has 0 aliphatic rings. The number of benzene rings is 8. The topological polar surface area (TPSA) is 373 Å². The van der Waals surface area contributed by atoms with E-state index in [9.17, 15) is 14.8 Å². The lowest BCUT2D eigenvalue weighted by Crippen LogP contribution is -2.27. The lowest BCUT2D eigenvalue weighted by Gasteiger charge is -2.19. The average molecular weight is 1600 g/mol. The standard InChI is InChI=1S/C17H20N2O4.C16H19N3O4.C16H18N2O4.C11H15NO3.C9H13NO3.C5H11NO2.CH3I.CH4/c1-11-8-13(20-2)6-7-14(11)19-18-12-9-15(21-3)17(23-5)16(10-12)22-4;1-20-11-5-6-13(12(17)9-11)19-18-10-7-14(21-2)16(23-4)15(8-10)22-3;1-10-7-12(19)5-6-13(10)18-17-11-8-14(20-2)16(22-4)15(9-11)21-3;1-11(2,3)15-10(14)12-8-5-4-6-9(13)7-8;1-11-7-4-6(10)5-8(12-2)9(7)13-3;1-5(2)3-4-8-6-7;1-2;/h6-10H,1-5H3;5-9H,17H2,1-4H3;5-9,19H,1-4H3;4-7,13H,1-3H3,(H,12,14);4-5H,10H2,1-3H3;5H,3-4H2,1-2H3;1H3;1H4. The number of hydrogen-bond acceptors (Lipinski definition) is 29. The monoisotopic (exact) mass is 1600 g/mol. The molecule has 0 aliphatic heterocycles. The number of phenols is 2. The number of nitrogen functional groups attached to an aromatic ring is 2. The number of phenolic OH excluding ortho intramolecular Hbond substituents is 2. The smallest absolute Gasteiger partial charge is 0.412 e. The van der Waals surface area contributed by atoms with Crippen molar-refractivity contribution in [1.82, 2.24) is 0 Å². The van der Waals surface area contributed by atoms with Gasteiger partial charge >= 0.3 is 6.09 Å². The van der Waals surface area contributed by atoms with Crippen LogP contribution in [0.4, 0.5) is 56.0 Å². The molecule has 30 nitrogen and oxygen atoms in total. The molecule has 0 aliphatic carbocycles. The molecule has 0 saturated carbocycles. The van der Waals surface area contributed by atoms with Gasteiger partial charge in [-0.2, -0.15) is 25.6 Å². The normalized spacial score (nSPS) is 10.2. The summed E-state index contributed by atoms with van der Waals surface area (Å²) in [5, 5.41) is 48.6. The van der Waals surface area contributed by atoms with Crippen molar-refractivity contribution in [3.8, 4) is 92.0 Å². The van der Waals surface area contributed by atoms with Crippen LogP contribution < -0.4 is 83.1 Å². The zero-order valence-corrected chi connectivity index (χ0v) is 66.2. The molecule has 0 saturated heterocycles. The molecule has 0 heterocycles. The number of nitrogens with one attached hydrogen (secondary N) is 1. The first-order chi connectivity index (χ1) is 50.7. The van der Waals surface area contributed by atoms with Gasteiger partial charge in [-0.1, -0.05) is 49.9 Å². The Morgan fingerprint density at radius 2 is 0.794 bits per heavy atom. The third-order valence-corrected chi connectivity index (χ3v) is 13.6. The number of carbonyl (C=O) groups is 1. The van der Waals surface area contributed by atoms with Crippen LogP contribution in [0.3, 0.4) is 0 Å².